The molecule has 0 saturated heterocycles. The van der Waals surface area contributed by atoms with Crippen LogP contribution in [0.4, 0.5) is 5.82 Å². The van der Waals surface area contributed by atoms with Crippen LogP contribution in [0.15, 0.2) is 21.1 Å². The number of anilines is 1. The van der Waals surface area contributed by atoms with Gasteiger partial charge in [0, 0.05) is 4.47 Å². The number of hydrogen-bond donors (Lipinski definition) is 1. The molecule has 2 aromatic rings. The lowest BCUT2D eigenvalue weighted by Gasteiger charge is -2.01. The average Bonchev–Trinajstić information content (AvgIpc) is 2.68. The first-order valence-electron chi connectivity index (χ1n) is 4.85. The summed E-state index contributed by atoms with van der Waals surface area (Å²) in [5.41, 5.74) is 1.84. The quantitative estimate of drug-likeness (QED) is 0.693. The molecule has 0 bridgehead atoms. The van der Waals surface area contributed by atoms with Gasteiger partial charge in [-0.15, -0.1) is 0 Å². The van der Waals surface area contributed by atoms with Crippen LogP contribution in [-0.4, -0.2) is 18.2 Å². The second-order valence-electron chi connectivity index (χ2n) is 3.39. The summed E-state index contributed by atoms with van der Waals surface area (Å²) in [5.74, 6) is 0.706. The van der Waals surface area contributed by atoms with Crippen molar-refractivity contribution in [2.75, 3.05) is 18.4 Å². The zero-order chi connectivity index (χ0) is 11.5. The van der Waals surface area contributed by atoms with E-state index in [1.165, 1.54) is 0 Å². The molecule has 1 heterocycles. The third-order valence-electron chi connectivity index (χ3n) is 2.35. The van der Waals surface area contributed by atoms with Gasteiger partial charge in [0.25, 0.3) is 0 Å². The number of hydrogen-bond acceptors (Lipinski definition) is 3. The van der Waals surface area contributed by atoms with Crippen molar-refractivity contribution >= 4 is 32.7 Å². The topological polar surface area (TPSA) is 42.4 Å². The lowest BCUT2D eigenvalue weighted by Crippen LogP contribution is -2.04. The van der Waals surface area contributed by atoms with E-state index in [4.69, 9.17) is 11.1 Å². The Morgan fingerprint density at radius 3 is 3.12 bits per heavy atom. The zero-order valence-electron chi connectivity index (χ0n) is 8.75. The number of aryl methyl sites for hydroxylation is 1. The standard InChI is InChI=1S/C11H10BrN3O/c1-7-8(12)3-4-9-10(7)11(15-16-9)14-6-5-13-2/h3-4H,5-6H2,1H3,(H,14,15). The minimum Gasteiger partial charge on any atom is -0.359 e. The Kier molecular flexibility index (Phi) is 3.11. The fourth-order valence-electron chi connectivity index (χ4n) is 1.52. The van der Waals surface area contributed by atoms with Crippen molar-refractivity contribution in [3.63, 3.8) is 0 Å². The Labute approximate surface area is 102 Å². The number of nitrogens with one attached hydrogen (secondary N) is 1. The van der Waals surface area contributed by atoms with Crippen LogP contribution in [0.5, 0.6) is 0 Å². The van der Waals surface area contributed by atoms with E-state index in [0.29, 0.717) is 18.9 Å². The summed E-state index contributed by atoms with van der Waals surface area (Å²) < 4.78 is 6.23. The Hall–Kier alpha value is -1.54. The predicted molar refractivity (Wildman–Crippen MR) is 66.4 cm³/mol. The summed E-state index contributed by atoms with van der Waals surface area (Å²) in [6.07, 6.45) is 0. The Morgan fingerprint density at radius 1 is 1.56 bits per heavy atom. The molecule has 0 fully saturated rings. The SMILES string of the molecule is [C-]#[N+]CCNc1noc2ccc(Br)c(C)c12. The molecule has 0 aliphatic rings. The first kappa shape index (κ1) is 11.0. The number of fused-ring (bicyclic) bond motifs is 1. The molecule has 0 saturated carbocycles. The Bertz CT molecular complexity index is 556. The highest BCUT2D eigenvalue weighted by Gasteiger charge is 2.12. The van der Waals surface area contributed by atoms with E-state index in [1.54, 1.807) is 0 Å². The Balaban J connectivity index is 2.39. The highest BCUT2D eigenvalue weighted by molar-refractivity contribution is 9.10. The third kappa shape index (κ3) is 1.89. The molecule has 0 radical (unpaired) electrons. The van der Waals surface area contributed by atoms with Crippen LogP contribution < -0.4 is 5.32 Å². The number of aromatic nitrogens is 1. The van der Waals surface area contributed by atoms with Gasteiger partial charge in [-0.1, -0.05) is 21.1 Å². The second-order valence-corrected chi connectivity index (χ2v) is 4.24. The van der Waals surface area contributed by atoms with Gasteiger partial charge < -0.3 is 14.7 Å². The van der Waals surface area contributed by atoms with E-state index >= 15 is 0 Å². The molecule has 4 nitrogen and oxygen atoms in total. The van der Waals surface area contributed by atoms with Crippen molar-refractivity contribution in [2.24, 2.45) is 0 Å². The van der Waals surface area contributed by atoms with Gasteiger partial charge in [0.1, 0.15) is 0 Å². The maximum absolute atomic E-state index is 6.70. The smallest absolute Gasteiger partial charge is 0.231 e. The number of benzene rings is 1. The minimum atomic E-state index is 0.432. The highest BCUT2D eigenvalue weighted by Crippen LogP contribution is 2.30. The molecule has 1 aromatic carbocycles. The van der Waals surface area contributed by atoms with Gasteiger partial charge in [-0.25, -0.2) is 6.57 Å². The second kappa shape index (κ2) is 4.54. The number of nitrogens with zero attached hydrogens (tertiary/aromatic N) is 2. The number of halogens is 1. The van der Waals surface area contributed by atoms with E-state index in [2.05, 4.69) is 31.2 Å². The summed E-state index contributed by atoms with van der Waals surface area (Å²) in [6, 6.07) is 3.81. The molecular formula is C11H10BrN3O. The van der Waals surface area contributed by atoms with Crippen LogP contribution >= 0.6 is 15.9 Å². The molecule has 5 heteroatoms. The molecule has 0 spiro atoms. The van der Waals surface area contributed by atoms with Crippen molar-refractivity contribution < 1.29 is 4.52 Å². The summed E-state index contributed by atoms with van der Waals surface area (Å²) >= 11 is 3.47. The molecule has 0 unspecified atom stereocenters. The van der Waals surface area contributed by atoms with Gasteiger partial charge in [0.15, 0.2) is 11.4 Å². The summed E-state index contributed by atoms with van der Waals surface area (Å²) in [5, 5.41) is 8.03. The molecular weight excluding hydrogens is 270 g/mol. The average molecular weight is 280 g/mol. The fourth-order valence-corrected chi connectivity index (χ4v) is 1.85. The Morgan fingerprint density at radius 2 is 2.38 bits per heavy atom. The van der Waals surface area contributed by atoms with Gasteiger partial charge in [-0.05, 0) is 24.6 Å². The van der Waals surface area contributed by atoms with Gasteiger partial charge in [0.2, 0.25) is 6.54 Å². The van der Waals surface area contributed by atoms with Crippen molar-refractivity contribution in [3.8, 4) is 0 Å². The van der Waals surface area contributed by atoms with Crippen LogP contribution in [0.25, 0.3) is 15.8 Å². The van der Waals surface area contributed by atoms with Crippen molar-refractivity contribution in [3.05, 3.63) is 33.6 Å². The zero-order valence-corrected chi connectivity index (χ0v) is 10.3. The number of rotatable bonds is 3. The maximum Gasteiger partial charge on any atom is 0.231 e. The summed E-state index contributed by atoms with van der Waals surface area (Å²) in [7, 11) is 0. The van der Waals surface area contributed by atoms with E-state index < -0.39 is 0 Å². The van der Waals surface area contributed by atoms with Crippen LogP contribution in [0.1, 0.15) is 5.56 Å². The van der Waals surface area contributed by atoms with Crippen molar-refractivity contribution in [1.29, 1.82) is 0 Å². The lowest BCUT2D eigenvalue weighted by molar-refractivity contribution is 0.459. The molecule has 1 aromatic heterocycles. The van der Waals surface area contributed by atoms with E-state index in [0.717, 1.165) is 21.0 Å². The first-order valence-corrected chi connectivity index (χ1v) is 5.65. The molecule has 0 atom stereocenters. The largest absolute Gasteiger partial charge is 0.359 e. The van der Waals surface area contributed by atoms with Crippen LogP contribution in [0, 0.1) is 13.5 Å². The monoisotopic (exact) mass is 279 g/mol. The highest BCUT2D eigenvalue weighted by atomic mass is 79.9. The fraction of sp³-hybridized carbons (Fsp3) is 0.273. The van der Waals surface area contributed by atoms with Crippen LogP contribution in [0.3, 0.4) is 0 Å². The van der Waals surface area contributed by atoms with Gasteiger partial charge in [-0.3, -0.25) is 0 Å². The normalized spacial score (nSPS) is 10.3. The molecule has 82 valence electrons. The summed E-state index contributed by atoms with van der Waals surface area (Å²) in [6.45, 7) is 9.72. The van der Waals surface area contributed by atoms with E-state index in [1.807, 2.05) is 19.1 Å². The maximum atomic E-state index is 6.70. The molecule has 1 N–H and O–H groups in total. The molecule has 2 rings (SSSR count). The first-order chi connectivity index (χ1) is 7.74. The molecule has 16 heavy (non-hydrogen) atoms. The molecule has 0 aliphatic heterocycles. The van der Waals surface area contributed by atoms with Crippen molar-refractivity contribution in [1.82, 2.24) is 5.16 Å². The van der Waals surface area contributed by atoms with Crippen molar-refractivity contribution in [2.45, 2.75) is 6.92 Å². The van der Waals surface area contributed by atoms with Gasteiger partial charge >= 0.3 is 0 Å². The van der Waals surface area contributed by atoms with Crippen LogP contribution in [-0.2, 0) is 0 Å². The minimum absolute atomic E-state index is 0.432. The predicted octanol–water partition coefficient (Wildman–Crippen LogP) is 3.23. The van der Waals surface area contributed by atoms with Gasteiger partial charge in [-0.2, -0.15) is 0 Å². The molecule has 0 amide bonds. The van der Waals surface area contributed by atoms with Gasteiger partial charge in [0.05, 0.1) is 11.9 Å². The lowest BCUT2D eigenvalue weighted by atomic mass is 10.1. The third-order valence-corrected chi connectivity index (χ3v) is 3.21. The summed E-state index contributed by atoms with van der Waals surface area (Å²) in [4.78, 5) is 3.28. The molecule has 0 aliphatic carbocycles. The van der Waals surface area contributed by atoms with E-state index in [-0.39, 0.29) is 0 Å². The van der Waals surface area contributed by atoms with E-state index in [9.17, 15) is 0 Å². The van der Waals surface area contributed by atoms with Crippen LogP contribution in [0.2, 0.25) is 0 Å².